The van der Waals surface area contributed by atoms with Gasteiger partial charge in [0, 0.05) is 19.1 Å². The maximum atomic E-state index is 12.7. The van der Waals surface area contributed by atoms with Gasteiger partial charge in [-0.2, -0.15) is 0 Å². The minimum absolute atomic E-state index is 0.0934. The third kappa shape index (κ3) is 2.45. The lowest BCUT2D eigenvalue weighted by Crippen LogP contribution is -2.50. The zero-order valence-electron chi connectivity index (χ0n) is 11.9. The van der Waals surface area contributed by atoms with Crippen molar-refractivity contribution in [3.63, 3.8) is 0 Å². The topological polar surface area (TPSA) is 55.6 Å². The van der Waals surface area contributed by atoms with Crippen molar-refractivity contribution in [1.82, 2.24) is 4.90 Å². The highest BCUT2D eigenvalue weighted by atomic mass is 16.5. The molecule has 1 aromatic carbocycles. The van der Waals surface area contributed by atoms with Crippen molar-refractivity contribution in [2.75, 3.05) is 19.7 Å². The summed E-state index contributed by atoms with van der Waals surface area (Å²) < 4.78 is 5.76. The molecule has 0 aliphatic carbocycles. The molecule has 2 heterocycles. The van der Waals surface area contributed by atoms with Gasteiger partial charge < -0.3 is 15.4 Å². The second kappa shape index (κ2) is 5.54. The highest BCUT2D eigenvalue weighted by Gasteiger charge is 2.34. The number of fused-ring (bicyclic) bond motifs is 1. The first-order valence-corrected chi connectivity index (χ1v) is 7.40. The molecule has 4 nitrogen and oxygen atoms in total. The summed E-state index contributed by atoms with van der Waals surface area (Å²) in [5.74, 6) is 0.447. The van der Waals surface area contributed by atoms with E-state index in [4.69, 9.17) is 10.5 Å². The molecule has 2 aliphatic heterocycles. The molecule has 4 heteroatoms. The van der Waals surface area contributed by atoms with Crippen LogP contribution in [0.3, 0.4) is 0 Å². The molecule has 0 radical (unpaired) electrons. The third-order valence-electron chi connectivity index (χ3n) is 4.50. The largest absolute Gasteiger partial charge is 0.363 e. The second-order valence-electron chi connectivity index (χ2n) is 5.91. The summed E-state index contributed by atoms with van der Waals surface area (Å²) >= 11 is 0. The van der Waals surface area contributed by atoms with E-state index in [-0.39, 0.29) is 11.9 Å². The first kappa shape index (κ1) is 13.6. The van der Waals surface area contributed by atoms with E-state index in [1.165, 1.54) is 5.56 Å². The standard InChI is InChI=1S/C16H22N2O2/c1-11-10-18(8-6-14(11)17)16(19)15-13-5-3-2-4-12(13)7-9-20-15/h2-5,11,14-15H,6-10,17H2,1H3. The maximum absolute atomic E-state index is 12.7. The fourth-order valence-electron chi connectivity index (χ4n) is 3.13. The van der Waals surface area contributed by atoms with Crippen molar-refractivity contribution in [2.45, 2.75) is 31.9 Å². The highest BCUT2D eigenvalue weighted by molar-refractivity contribution is 5.83. The predicted molar refractivity (Wildman–Crippen MR) is 77.2 cm³/mol. The van der Waals surface area contributed by atoms with Crippen LogP contribution in [0, 0.1) is 5.92 Å². The van der Waals surface area contributed by atoms with Gasteiger partial charge in [0.15, 0.2) is 6.10 Å². The molecule has 0 spiro atoms. The molecule has 0 aromatic heterocycles. The van der Waals surface area contributed by atoms with Gasteiger partial charge in [-0.05, 0) is 29.9 Å². The molecule has 3 rings (SSSR count). The lowest BCUT2D eigenvalue weighted by atomic mass is 9.92. The van der Waals surface area contributed by atoms with Crippen LogP contribution in [0.4, 0.5) is 0 Å². The Hall–Kier alpha value is -1.39. The number of carbonyl (C=O) groups excluding carboxylic acids is 1. The average Bonchev–Trinajstić information content (AvgIpc) is 2.49. The Bertz CT molecular complexity index is 503. The fraction of sp³-hybridized carbons (Fsp3) is 0.562. The number of amides is 1. The fourth-order valence-corrected chi connectivity index (χ4v) is 3.13. The number of ether oxygens (including phenoxy) is 1. The zero-order chi connectivity index (χ0) is 14.1. The van der Waals surface area contributed by atoms with Crippen LogP contribution in [-0.2, 0) is 16.0 Å². The minimum Gasteiger partial charge on any atom is -0.363 e. The Balaban J connectivity index is 1.78. The van der Waals surface area contributed by atoms with Gasteiger partial charge in [0.05, 0.1) is 6.61 Å². The van der Waals surface area contributed by atoms with E-state index in [0.29, 0.717) is 12.5 Å². The van der Waals surface area contributed by atoms with Gasteiger partial charge >= 0.3 is 0 Å². The van der Waals surface area contributed by atoms with Crippen LogP contribution in [0.2, 0.25) is 0 Å². The number of piperidine rings is 1. The number of hydrogen-bond acceptors (Lipinski definition) is 3. The Morgan fingerprint density at radius 3 is 3.00 bits per heavy atom. The SMILES string of the molecule is CC1CN(C(=O)C2OCCc3ccccc32)CCC1N. The van der Waals surface area contributed by atoms with Crippen LogP contribution in [0.1, 0.15) is 30.6 Å². The summed E-state index contributed by atoms with van der Waals surface area (Å²) in [5, 5.41) is 0. The van der Waals surface area contributed by atoms with E-state index >= 15 is 0 Å². The number of likely N-dealkylation sites (tertiary alicyclic amines) is 1. The third-order valence-corrected chi connectivity index (χ3v) is 4.50. The zero-order valence-corrected chi connectivity index (χ0v) is 11.9. The molecule has 0 bridgehead atoms. The molecule has 2 N–H and O–H groups in total. The van der Waals surface area contributed by atoms with Gasteiger partial charge in [0.2, 0.25) is 0 Å². The van der Waals surface area contributed by atoms with Gasteiger partial charge in [-0.1, -0.05) is 31.2 Å². The summed E-state index contributed by atoms with van der Waals surface area (Å²) in [6.45, 7) is 4.21. The Morgan fingerprint density at radius 1 is 1.40 bits per heavy atom. The molecule has 1 saturated heterocycles. The van der Waals surface area contributed by atoms with E-state index in [1.54, 1.807) is 0 Å². The molecule has 3 atom stereocenters. The van der Waals surface area contributed by atoms with Gasteiger partial charge in [-0.15, -0.1) is 0 Å². The number of carbonyl (C=O) groups is 1. The van der Waals surface area contributed by atoms with Crippen LogP contribution >= 0.6 is 0 Å². The van der Waals surface area contributed by atoms with E-state index in [9.17, 15) is 4.79 Å². The van der Waals surface area contributed by atoms with Crippen LogP contribution in [-0.4, -0.2) is 36.5 Å². The Kier molecular flexibility index (Phi) is 3.76. The van der Waals surface area contributed by atoms with Crippen molar-refractivity contribution >= 4 is 5.91 Å². The normalized spacial score (nSPS) is 29.9. The van der Waals surface area contributed by atoms with E-state index < -0.39 is 6.10 Å². The molecule has 1 fully saturated rings. The first-order chi connectivity index (χ1) is 9.66. The number of nitrogens with zero attached hydrogens (tertiary/aromatic N) is 1. The van der Waals surface area contributed by atoms with Gasteiger partial charge in [-0.3, -0.25) is 4.79 Å². The number of benzene rings is 1. The van der Waals surface area contributed by atoms with Crippen LogP contribution in [0.15, 0.2) is 24.3 Å². The molecule has 1 aromatic rings. The number of hydrogen-bond donors (Lipinski definition) is 1. The monoisotopic (exact) mass is 274 g/mol. The molecule has 0 saturated carbocycles. The summed E-state index contributed by atoms with van der Waals surface area (Å²) in [6, 6.07) is 8.30. The quantitative estimate of drug-likeness (QED) is 0.844. The molecule has 2 aliphatic rings. The Labute approximate surface area is 119 Å². The van der Waals surface area contributed by atoms with E-state index in [2.05, 4.69) is 13.0 Å². The predicted octanol–water partition coefficient (Wildman–Crippen LogP) is 1.50. The smallest absolute Gasteiger partial charge is 0.256 e. The lowest BCUT2D eigenvalue weighted by molar-refractivity contribution is -0.147. The second-order valence-corrected chi connectivity index (χ2v) is 5.91. The number of nitrogens with two attached hydrogens (primary N) is 1. The van der Waals surface area contributed by atoms with Crippen molar-refractivity contribution in [2.24, 2.45) is 11.7 Å². The summed E-state index contributed by atoms with van der Waals surface area (Å²) in [5.41, 5.74) is 8.30. The van der Waals surface area contributed by atoms with Crippen LogP contribution in [0.5, 0.6) is 0 Å². The summed E-state index contributed by atoms with van der Waals surface area (Å²) in [4.78, 5) is 14.6. The van der Waals surface area contributed by atoms with Crippen LogP contribution in [0.25, 0.3) is 0 Å². The molecule has 108 valence electrons. The summed E-state index contributed by atoms with van der Waals surface area (Å²) in [7, 11) is 0. The highest BCUT2D eigenvalue weighted by Crippen LogP contribution is 2.29. The molecular weight excluding hydrogens is 252 g/mol. The van der Waals surface area contributed by atoms with Crippen LogP contribution < -0.4 is 5.73 Å². The van der Waals surface area contributed by atoms with E-state index in [0.717, 1.165) is 31.5 Å². The van der Waals surface area contributed by atoms with Crippen molar-refractivity contribution in [3.8, 4) is 0 Å². The van der Waals surface area contributed by atoms with Crippen molar-refractivity contribution in [3.05, 3.63) is 35.4 Å². The van der Waals surface area contributed by atoms with Crippen molar-refractivity contribution < 1.29 is 9.53 Å². The number of rotatable bonds is 1. The Morgan fingerprint density at radius 2 is 2.20 bits per heavy atom. The molecule has 1 amide bonds. The molecular formula is C16H22N2O2. The molecule has 20 heavy (non-hydrogen) atoms. The molecule has 3 unspecified atom stereocenters. The summed E-state index contributed by atoms with van der Waals surface area (Å²) in [6.07, 6.45) is 1.34. The first-order valence-electron chi connectivity index (χ1n) is 7.40. The minimum atomic E-state index is -0.429. The van der Waals surface area contributed by atoms with Crippen molar-refractivity contribution in [1.29, 1.82) is 0 Å². The van der Waals surface area contributed by atoms with Gasteiger partial charge in [0.1, 0.15) is 0 Å². The van der Waals surface area contributed by atoms with Gasteiger partial charge in [0.25, 0.3) is 5.91 Å². The maximum Gasteiger partial charge on any atom is 0.256 e. The van der Waals surface area contributed by atoms with E-state index in [1.807, 2.05) is 23.1 Å². The lowest BCUT2D eigenvalue weighted by Gasteiger charge is -2.37. The van der Waals surface area contributed by atoms with Gasteiger partial charge in [-0.25, -0.2) is 0 Å². The average molecular weight is 274 g/mol.